The van der Waals surface area contributed by atoms with E-state index in [1.165, 1.54) is 12.1 Å². The van der Waals surface area contributed by atoms with Crippen molar-refractivity contribution in [3.8, 4) is 0 Å². The Balaban J connectivity index is 3.15. The van der Waals surface area contributed by atoms with Crippen LogP contribution in [0.2, 0.25) is 0 Å². The van der Waals surface area contributed by atoms with Crippen molar-refractivity contribution in [2.75, 3.05) is 0 Å². The summed E-state index contributed by atoms with van der Waals surface area (Å²) >= 11 is 0. The molecule has 4 heteroatoms. The highest BCUT2D eigenvalue weighted by molar-refractivity contribution is 6.33. The first kappa shape index (κ1) is 7.79. The molecule has 1 aromatic rings. The second kappa shape index (κ2) is 2.74. The SMILES string of the molecule is [B]c1ccc(C(=O)O)nc1C. The molecule has 0 aliphatic heterocycles. The van der Waals surface area contributed by atoms with Crippen LogP contribution in [0.25, 0.3) is 0 Å². The Kier molecular flexibility index (Phi) is 1.94. The molecule has 0 saturated heterocycles. The number of carboxylic acids is 1. The van der Waals surface area contributed by atoms with E-state index in [-0.39, 0.29) is 5.69 Å². The van der Waals surface area contributed by atoms with E-state index in [2.05, 4.69) is 4.98 Å². The van der Waals surface area contributed by atoms with Gasteiger partial charge in [0.2, 0.25) is 0 Å². The lowest BCUT2D eigenvalue weighted by molar-refractivity contribution is 0.0690. The van der Waals surface area contributed by atoms with Gasteiger partial charge >= 0.3 is 5.97 Å². The van der Waals surface area contributed by atoms with Gasteiger partial charge in [0.05, 0.1) is 0 Å². The first-order valence-electron chi connectivity index (χ1n) is 3.07. The Hall–Kier alpha value is -1.32. The summed E-state index contributed by atoms with van der Waals surface area (Å²) in [6.07, 6.45) is 0. The Labute approximate surface area is 65.5 Å². The van der Waals surface area contributed by atoms with Crippen molar-refractivity contribution >= 4 is 19.3 Å². The molecule has 0 fully saturated rings. The molecular formula is C7H6BNO2. The molecule has 54 valence electrons. The third kappa shape index (κ3) is 1.58. The van der Waals surface area contributed by atoms with Crippen LogP contribution in [0, 0.1) is 6.92 Å². The third-order valence-electron chi connectivity index (χ3n) is 1.35. The van der Waals surface area contributed by atoms with E-state index in [0.717, 1.165) is 0 Å². The van der Waals surface area contributed by atoms with Gasteiger partial charge in [-0.05, 0) is 13.0 Å². The van der Waals surface area contributed by atoms with Crippen LogP contribution in [-0.4, -0.2) is 23.9 Å². The number of pyridine rings is 1. The first-order valence-corrected chi connectivity index (χ1v) is 3.07. The lowest BCUT2D eigenvalue weighted by Crippen LogP contribution is -2.12. The molecule has 0 aromatic carbocycles. The van der Waals surface area contributed by atoms with E-state index in [0.29, 0.717) is 11.2 Å². The minimum Gasteiger partial charge on any atom is -0.477 e. The van der Waals surface area contributed by atoms with Gasteiger partial charge < -0.3 is 5.11 Å². The maximum absolute atomic E-state index is 10.4. The molecule has 0 aliphatic carbocycles. The summed E-state index contributed by atoms with van der Waals surface area (Å²) in [5, 5.41) is 8.50. The van der Waals surface area contributed by atoms with Crippen LogP contribution in [0.15, 0.2) is 12.1 Å². The Morgan fingerprint density at radius 1 is 1.64 bits per heavy atom. The van der Waals surface area contributed by atoms with Crippen LogP contribution in [0.1, 0.15) is 16.2 Å². The van der Waals surface area contributed by atoms with E-state index in [1.807, 2.05) is 0 Å². The van der Waals surface area contributed by atoms with Crippen molar-refractivity contribution < 1.29 is 9.90 Å². The molecular weight excluding hydrogens is 141 g/mol. The van der Waals surface area contributed by atoms with Gasteiger partial charge in [0, 0.05) is 5.69 Å². The summed E-state index contributed by atoms with van der Waals surface area (Å²) in [7, 11) is 5.43. The van der Waals surface area contributed by atoms with Crippen molar-refractivity contribution in [2.24, 2.45) is 0 Å². The zero-order valence-corrected chi connectivity index (χ0v) is 6.03. The van der Waals surface area contributed by atoms with Crippen LogP contribution in [0.4, 0.5) is 0 Å². The minimum absolute atomic E-state index is 0.0247. The molecule has 0 spiro atoms. The van der Waals surface area contributed by atoms with Crippen LogP contribution in [-0.2, 0) is 0 Å². The van der Waals surface area contributed by atoms with Crippen molar-refractivity contribution in [3.63, 3.8) is 0 Å². The molecule has 0 amide bonds. The predicted octanol–water partition coefficient (Wildman–Crippen LogP) is -0.118. The highest BCUT2D eigenvalue weighted by Crippen LogP contribution is 1.94. The Morgan fingerprint density at radius 3 is 2.73 bits per heavy atom. The normalized spacial score (nSPS) is 9.55. The van der Waals surface area contributed by atoms with Crippen molar-refractivity contribution in [1.82, 2.24) is 4.98 Å². The summed E-state index contributed by atoms with van der Waals surface area (Å²) in [4.78, 5) is 14.1. The van der Waals surface area contributed by atoms with Crippen molar-refractivity contribution in [3.05, 3.63) is 23.5 Å². The van der Waals surface area contributed by atoms with E-state index < -0.39 is 5.97 Å². The highest BCUT2D eigenvalue weighted by Gasteiger charge is 2.03. The summed E-state index contributed by atoms with van der Waals surface area (Å²) < 4.78 is 0. The zero-order valence-electron chi connectivity index (χ0n) is 6.03. The molecule has 0 saturated carbocycles. The Morgan fingerprint density at radius 2 is 2.27 bits per heavy atom. The molecule has 0 bridgehead atoms. The lowest BCUT2D eigenvalue weighted by Gasteiger charge is -1.99. The third-order valence-corrected chi connectivity index (χ3v) is 1.35. The molecule has 3 nitrogen and oxygen atoms in total. The zero-order chi connectivity index (χ0) is 8.43. The number of carbonyl (C=O) groups is 1. The fourth-order valence-electron chi connectivity index (χ4n) is 0.691. The van der Waals surface area contributed by atoms with Gasteiger partial charge in [-0.3, -0.25) is 0 Å². The number of nitrogens with zero attached hydrogens (tertiary/aromatic N) is 1. The van der Waals surface area contributed by atoms with Crippen LogP contribution in [0.3, 0.4) is 0 Å². The fraction of sp³-hybridized carbons (Fsp3) is 0.143. The number of hydrogen-bond acceptors (Lipinski definition) is 2. The lowest BCUT2D eigenvalue weighted by atomic mass is 9.94. The minimum atomic E-state index is -1.03. The molecule has 0 aliphatic rings. The summed E-state index contributed by atoms with van der Waals surface area (Å²) in [5.74, 6) is -1.03. The summed E-state index contributed by atoms with van der Waals surface area (Å²) in [5.41, 5.74) is 1.08. The molecule has 0 atom stereocenters. The number of rotatable bonds is 1. The maximum atomic E-state index is 10.4. The number of aromatic carboxylic acids is 1. The molecule has 1 heterocycles. The van der Waals surface area contributed by atoms with Crippen LogP contribution < -0.4 is 5.46 Å². The van der Waals surface area contributed by atoms with Gasteiger partial charge in [0.1, 0.15) is 13.5 Å². The molecule has 1 rings (SSSR count). The van der Waals surface area contributed by atoms with E-state index >= 15 is 0 Å². The van der Waals surface area contributed by atoms with Gasteiger partial charge in [-0.25, -0.2) is 9.78 Å². The van der Waals surface area contributed by atoms with Crippen molar-refractivity contribution in [2.45, 2.75) is 6.92 Å². The fourth-order valence-corrected chi connectivity index (χ4v) is 0.691. The quantitative estimate of drug-likeness (QED) is 0.563. The number of aryl methyl sites for hydroxylation is 1. The average molecular weight is 147 g/mol. The monoisotopic (exact) mass is 147 g/mol. The second-order valence-corrected chi connectivity index (χ2v) is 2.18. The molecule has 1 aromatic heterocycles. The largest absolute Gasteiger partial charge is 0.477 e. The smallest absolute Gasteiger partial charge is 0.354 e. The average Bonchev–Trinajstić information content (AvgIpc) is 1.94. The topological polar surface area (TPSA) is 50.2 Å². The van der Waals surface area contributed by atoms with Crippen molar-refractivity contribution in [1.29, 1.82) is 0 Å². The Bertz CT molecular complexity index is 298. The molecule has 2 radical (unpaired) electrons. The number of carboxylic acid groups (broad SMARTS) is 1. The second-order valence-electron chi connectivity index (χ2n) is 2.18. The van der Waals surface area contributed by atoms with Gasteiger partial charge in [0.25, 0.3) is 0 Å². The van der Waals surface area contributed by atoms with E-state index in [1.54, 1.807) is 6.92 Å². The molecule has 0 unspecified atom stereocenters. The van der Waals surface area contributed by atoms with Gasteiger partial charge in [-0.2, -0.15) is 0 Å². The van der Waals surface area contributed by atoms with E-state index in [4.69, 9.17) is 13.0 Å². The number of hydrogen-bond donors (Lipinski definition) is 1. The van der Waals surface area contributed by atoms with Crippen LogP contribution >= 0.6 is 0 Å². The molecule has 11 heavy (non-hydrogen) atoms. The van der Waals surface area contributed by atoms with Gasteiger partial charge in [0.15, 0.2) is 0 Å². The summed E-state index contributed by atoms with van der Waals surface area (Å²) in [6.45, 7) is 1.67. The number of aromatic nitrogens is 1. The van der Waals surface area contributed by atoms with Gasteiger partial charge in [-0.1, -0.05) is 11.5 Å². The highest BCUT2D eigenvalue weighted by atomic mass is 16.4. The first-order chi connectivity index (χ1) is 5.11. The van der Waals surface area contributed by atoms with Gasteiger partial charge in [-0.15, -0.1) is 0 Å². The molecule has 1 N–H and O–H groups in total. The predicted molar refractivity (Wildman–Crippen MR) is 41.3 cm³/mol. The van der Waals surface area contributed by atoms with Crippen LogP contribution in [0.5, 0.6) is 0 Å². The summed E-state index contributed by atoms with van der Waals surface area (Å²) in [6, 6.07) is 2.91. The van der Waals surface area contributed by atoms with E-state index in [9.17, 15) is 4.79 Å². The standard InChI is InChI=1S/C7H6BNO2/c1-4-5(8)2-3-6(9-4)7(10)11/h2-3H,1H3,(H,10,11). The maximum Gasteiger partial charge on any atom is 0.354 e.